The molecule has 0 radical (unpaired) electrons. The minimum Gasteiger partial charge on any atom is -0.308 e. The number of thiophene rings is 1. The van der Waals surface area contributed by atoms with Crippen LogP contribution in [0, 0.1) is 0 Å². The van der Waals surface area contributed by atoms with Crippen molar-refractivity contribution in [2.75, 3.05) is 20.6 Å². The van der Waals surface area contributed by atoms with Crippen LogP contribution in [-0.2, 0) is 6.54 Å². The van der Waals surface area contributed by atoms with Crippen LogP contribution in [0.1, 0.15) is 16.6 Å². The molecule has 3 N–H and O–H groups in total. The minimum absolute atomic E-state index is 0.0426. The quantitative estimate of drug-likeness (QED) is 0.620. The molecule has 104 valence electrons. The summed E-state index contributed by atoms with van der Waals surface area (Å²) < 4.78 is 2.97. The number of likely N-dealkylation sites (N-methyl/N-ethyl adjacent to an activating group) is 1. The zero-order chi connectivity index (χ0) is 13.8. The van der Waals surface area contributed by atoms with Gasteiger partial charge in [-0.3, -0.25) is 10.5 Å². The number of hydrogen-bond acceptors (Lipinski definition) is 5. The highest BCUT2D eigenvalue weighted by Crippen LogP contribution is 2.30. The van der Waals surface area contributed by atoms with Gasteiger partial charge in [0.05, 0.1) is 29.0 Å². The second kappa shape index (κ2) is 6.62. The molecule has 2 aromatic heterocycles. The molecule has 1 unspecified atom stereocenters. The summed E-state index contributed by atoms with van der Waals surface area (Å²) in [5.74, 6) is 5.73. The fourth-order valence-electron chi connectivity index (χ4n) is 1.88. The number of hydrogen-bond donors (Lipinski definition) is 2. The van der Waals surface area contributed by atoms with Gasteiger partial charge in [0.1, 0.15) is 0 Å². The van der Waals surface area contributed by atoms with Crippen LogP contribution in [0.25, 0.3) is 0 Å². The Morgan fingerprint density at radius 1 is 1.58 bits per heavy atom. The van der Waals surface area contributed by atoms with Gasteiger partial charge in [-0.05, 0) is 41.5 Å². The first-order valence-corrected chi connectivity index (χ1v) is 7.66. The molecule has 1 atom stereocenters. The smallest absolute Gasteiger partial charge is 0.0981 e. The standard InChI is InChI=1S/C12H18BrN5S/c1-17(2)5-6-18-12(9(13)8-15-18)11(16-14)10-4-3-7-19-10/h3-4,7-8,11,16H,5-6,14H2,1-2H3. The van der Waals surface area contributed by atoms with Crippen molar-refractivity contribution in [3.63, 3.8) is 0 Å². The van der Waals surface area contributed by atoms with E-state index in [4.69, 9.17) is 5.84 Å². The molecule has 2 rings (SSSR count). The fraction of sp³-hybridized carbons (Fsp3) is 0.417. The number of aromatic nitrogens is 2. The number of nitrogens with one attached hydrogen (secondary N) is 1. The first-order valence-electron chi connectivity index (χ1n) is 5.99. The van der Waals surface area contributed by atoms with E-state index in [1.807, 2.05) is 22.3 Å². The Balaban J connectivity index is 2.29. The lowest BCUT2D eigenvalue weighted by Gasteiger charge is -2.18. The van der Waals surface area contributed by atoms with E-state index in [2.05, 4.69) is 51.5 Å². The van der Waals surface area contributed by atoms with Crippen molar-refractivity contribution in [1.82, 2.24) is 20.1 Å². The van der Waals surface area contributed by atoms with Crippen molar-refractivity contribution in [1.29, 1.82) is 0 Å². The van der Waals surface area contributed by atoms with Gasteiger partial charge in [0, 0.05) is 11.4 Å². The Labute approximate surface area is 125 Å². The van der Waals surface area contributed by atoms with E-state index in [9.17, 15) is 0 Å². The van der Waals surface area contributed by atoms with Crippen molar-refractivity contribution in [3.05, 3.63) is 38.8 Å². The molecule has 0 saturated carbocycles. The van der Waals surface area contributed by atoms with Crippen LogP contribution in [0.4, 0.5) is 0 Å². The molecule has 0 bridgehead atoms. The van der Waals surface area contributed by atoms with Gasteiger partial charge in [0.25, 0.3) is 0 Å². The van der Waals surface area contributed by atoms with E-state index in [0.717, 1.165) is 23.3 Å². The van der Waals surface area contributed by atoms with Gasteiger partial charge >= 0.3 is 0 Å². The fourth-order valence-corrected chi connectivity index (χ4v) is 3.20. The van der Waals surface area contributed by atoms with Crippen molar-refractivity contribution < 1.29 is 0 Å². The molecule has 0 fully saturated rings. The van der Waals surface area contributed by atoms with E-state index in [1.54, 1.807) is 11.3 Å². The van der Waals surface area contributed by atoms with Crippen LogP contribution in [0.2, 0.25) is 0 Å². The zero-order valence-corrected chi connectivity index (χ0v) is 13.4. The molecule has 5 nitrogen and oxygen atoms in total. The molecular formula is C12H18BrN5S. The molecule has 2 heterocycles. The highest BCUT2D eigenvalue weighted by molar-refractivity contribution is 9.10. The molecule has 0 spiro atoms. The topological polar surface area (TPSA) is 59.1 Å². The van der Waals surface area contributed by atoms with E-state index < -0.39 is 0 Å². The van der Waals surface area contributed by atoms with Gasteiger partial charge in [-0.15, -0.1) is 11.3 Å². The van der Waals surface area contributed by atoms with Crippen molar-refractivity contribution in [2.45, 2.75) is 12.6 Å². The lowest BCUT2D eigenvalue weighted by molar-refractivity contribution is 0.365. The summed E-state index contributed by atoms with van der Waals surface area (Å²) in [6.07, 6.45) is 1.82. The summed E-state index contributed by atoms with van der Waals surface area (Å²) >= 11 is 5.24. The van der Waals surface area contributed by atoms with Crippen LogP contribution in [0.15, 0.2) is 28.2 Å². The Morgan fingerprint density at radius 2 is 2.37 bits per heavy atom. The summed E-state index contributed by atoms with van der Waals surface area (Å²) in [5.41, 5.74) is 3.94. The molecule has 0 aromatic carbocycles. The minimum atomic E-state index is -0.0426. The average Bonchev–Trinajstić information content (AvgIpc) is 3.00. The monoisotopic (exact) mass is 343 g/mol. The van der Waals surface area contributed by atoms with Crippen molar-refractivity contribution in [2.24, 2.45) is 5.84 Å². The third-order valence-corrected chi connectivity index (χ3v) is 4.41. The van der Waals surface area contributed by atoms with Crippen LogP contribution >= 0.6 is 27.3 Å². The number of rotatable bonds is 6. The third-order valence-electron chi connectivity index (χ3n) is 2.86. The molecule has 7 heteroatoms. The molecule has 0 amide bonds. The largest absolute Gasteiger partial charge is 0.308 e. The van der Waals surface area contributed by atoms with Crippen molar-refractivity contribution in [3.8, 4) is 0 Å². The molecular weight excluding hydrogens is 326 g/mol. The highest BCUT2D eigenvalue weighted by atomic mass is 79.9. The van der Waals surface area contributed by atoms with Gasteiger partial charge in [0.2, 0.25) is 0 Å². The number of hydrazine groups is 1. The third kappa shape index (κ3) is 3.43. The first-order chi connectivity index (χ1) is 9.13. The Morgan fingerprint density at radius 3 is 2.95 bits per heavy atom. The summed E-state index contributed by atoms with van der Waals surface area (Å²) in [6.45, 7) is 1.76. The maximum absolute atomic E-state index is 5.73. The van der Waals surface area contributed by atoms with E-state index in [1.165, 1.54) is 4.88 Å². The average molecular weight is 344 g/mol. The van der Waals surface area contributed by atoms with Crippen molar-refractivity contribution >= 4 is 27.3 Å². The summed E-state index contributed by atoms with van der Waals surface area (Å²) in [6, 6.07) is 4.06. The number of nitrogens with zero attached hydrogens (tertiary/aromatic N) is 3. The molecule has 2 aromatic rings. The van der Waals surface area contributed by atoms with Gasteiger partial charge in [-0.1, -0.05) is 6.07 Å². The molecule has 0 aliphatic heterocycles. The summed E-state index contributed by atoms with van der Waals surface area (Å²) in [5, 5.41) is 6.47. The normalized spacial score (nSPS) is 13.1. The predicted octanol–water partition coefficient (Wildman–Crippen LogP) is 1.82. The van der Waals surface area contributed by atoms with Gasteiger partial charge < -0.3 is 4.90 Å². The van der Waals surface area contributed by atoms with Crippen LogP contribution in [0.5, 0.6) is 0 Å². The Kier molecular flexibility index (Phi) is 5.12. The lowest BCUT2D eigenvalue weighted by atomic mass is 10.2. The van der Waals surface area contributed by atoms with E-state index in [-0.39, 0.29) is 6.04 Å². The lowest BCUT2D eigenvalue weighted by Crippen LogP contribution is -2.31. The number of nitrogens with two attached hydrogens (primary N) is 1. The molecule has 19 heavy (non-hydrogen) atoms. The maximum Gasteiger partial charge on any atom is 0.0981 e. The highest BCUT2D eigenvalue weighted by Gasteiger charge is 2.21. The second-order valence-electron chi connectivity index (χ2n) is 4.52. The molecule has 0 aliphatic rings. The number of halogens is 1. The van der Waals surface area contributed by atoms with Gasteiger partial charge in [0.15, 0.2) is 0 Å². The predicted molar refractivity (Wildman–Crippen MR) is 82.0 cm³/mol. The van der Waals surface area contributed by atoms with Crippen LogP contribution in [-0.4, -0.2) is 35.3 Å². The van der Waals surface area contributed by atoms with E-state index in [0.29, 0.717) is 0 Å². The SMILES string of the molecule is CN(C)CCn1ncc(Br)c1C(NN)c1cccs1. The molecule has 0 saturated heterocycles. The van der Waals surface area contributed by atoms with Gasteiger partial charge in [-0.2, -0.15) is 5.10 Å². The molecule has 0 aliphatic carbocycles. The first kappa shape index (κ1) is 14.7. The maximum atomic E-state index is 5.73. The Bertz CT molecular complexity index is 508. The second-order valence-corrected chi connectivity index (χ2v) is 6.35. The Hall–Kier alpha value is -0.730. The zero-order valence-electron chi connectivity index (χ0n) is 11.0. The summed E-state index contributed by atoms with van der Waals surface area (Å²) in [7, 11) is 4.10. The van der Waals surface area contributed by atoms with Crippen LogP contribution in [0.3, 0.4) is 0 Å². The van der Waals surface area contributed by atoms with E-state index >= 15 is 0 Å². The van der Waals surface area contributed by atoms with Gasteiger partial charge in [-0.25, -0.2) is 5.43 Å². The summed E-state index contributed by atoms with van der Waals surface area (Å²) in [4.78, 5) is 3.31. The van der Waals surface area contributed by atoms with Crippen LogP contribution < -0.4 is 11.3 Å².